The van der Waals surface area contributed by atoms with E-state index in [1.165, 1.54) is 6.07 Å². The summed E-state index contributed by atoms with van der Waals surface area (Å²) in [5, 5.41) is 6.14. The summed E-state index contributed by atoms with van der Waals surface area (Å²) in [4.78, 5) is 34.5. The molecule has 3 heterocycles. The molecule has 3 N–H and O–H groups in total. The van der Waals surface area contributed by atoms with Crippen LogP contribution in [-0.4, -0.2) is 52.4 Å². The van der Waals surface area contributed by atoms with E-state index < -0.39 is 23.6 Å². The van der Waals surface area contributed by atoms with Gasteiger partial charge in [-0.2, -0.15) is 0 Å². The Bertz CT molecular complexity index is 937. The van der Waals surface area contributed by atoms with E-state index in [1.807, 2.05) is 0 Å². The van der Waals surface area contributed by atoms with Gasteiger partial charge in [-0.3, -0.25) is 9.59 Å². The van der Waals surface area contributed by atoms with Gasteiger partial charge in [0.05, 0.1) is 17.6 Å². The Morgan fingerprint density at radius 1 is 1.24 bits per heavy atom. The lowest BCUT2D eigenvalue weighted by Gasteiger charge is -2.44. The molecule has 7 nitrogen and oxygen atoms in total. The zero-order valence-electron chi connectivity index (χ0n) is 16.1. The summed E-state index contributed by atoms with van der Waals surface area (Å²) in [6.45, 7) is 3.55. The van der Waals surface area contributed by atoms with Crippen LogP contribution in [0.5, 0.6) is 0 Å². The molecular weight excluding hydrogens is 380 g/mol. The van der Waals surface area contributed by atoms with Gasteiger partial charge in [0.2, 0.25) is 5.91 Å². The van der Waals surface area contributed by atoms with Gasteiger partial charge in [-0.05, 0) is 38.0 Å². The van der Waals surface area contributed by atoms with Crippen LogP contribution in [0, 0.1) is 11.6 Å². The van der Waals surface area contributed by atoms with E-state index >= 15 is 0 Å². The summed E-state index contributed by atoms with van der Waals surface area (Å²) in [5.41, 5.74) is 1.94. The Balaban J connectivity index is 1.37. The van der Waals surface area contributed by atoms with Crippen molar-refractivity contribution in [3.05, 3.63) is 53.1 Å². The molecule has 2 aliphatic heterocycles. The zero-order chi connectivity index (χ0) is 20.6. The molecule has 0 unspecified atom stereocenters. The Labute approximate surface area is 166 Å². The molecule has 0 saturated carbocycles. The Hall–Kier alpha value is -2.81. The monoisotopic (exact) mass is 403 g/mol. The predicted octanol–water partition coefficient (Wildman–Crippen LogP) is 1.47. The number of amides is 2. The minimum atomic E-state index is -1.10. The van der Waals surface area contributed by atoms with Crippen molar-refractivity contribution in [1.29, 1.82) is 0 Å². The molecule has 9 heteroatoms. The molecule has 0 bridgehead atoms. The third-order valence-electron chi connectivity index (χ3n) is 5.84. The number of carbonyl (C=O) groups excluding carboxylic acids is 2. The average molecular weight is 403 g/mol. The highest BCUT2D eigenvalue weighted by Crippen LogP contribution is 2.35. The number of hydrogen-bond acceptors (Lipinski definition) is 4. The molecule has 2 amide bonds. The van der Waals surface area contributed by atoms with Crippen LogP contribution in [0.3, 0.4) is 0 Å². The molecule has 154 valence electrons. The highest BCUT2D eigenvalue weighted by Gasteiger charge is 2.42. The van der Waals surface area contributed by atoms with Gasteiger partial charge in [-0.15, -0.1) is 0 Å². The van der Waals surface area contributed by atoms with Crippen LogP contribution in [0.4, 0.5) is 8.78 Å². The molecule has 1 atom stereocenters. The van der Waals surface area contributed by atoms with E-state index in [0.717, 1.165) is 49.3 Å². The molecule has 0 radical (unpaired) electrons. The van der Waals surface area contributed by atoms with Crippen LogP contribution in [0.2, 0.25) is 0 Å². The quantitative estimate of drug-likeness (QED) is 0.724. The first-order valence-corrected chi connectivity index (χ1v) is 9.72. The lowest BCUT2D eigenvalue weighted by molar-refractivity contribution is -0.134. The number of aromatic amines is 1. The van der Waals surface area contributed by atoms with Crippen molar-refractivity contribution in [2.45, 2.75) is 37.8 Å². The number of benzene rings is 1. The van der Waals surface area contributed by atoms with E-state index in [4.69, 9.17) is 0 Å². The molecule has 1 aromatic carbocycles. The number of likely N-dealkylation sites (tertiary alicyclic amines) is 1. The number of nitrogens with one attached hydrogen (secondary N) is 3. The van der Waals surface area contributed by atoms with Crippen molar-refractivity contribution >= 4 is 11.8 Å². The fourth-order valence-corrected chi connectivity index (χ4v) is 4.21. The maximum atomic E-state index is 13.3. The van der Waals surface area contributed by atoms with Crippen molar-refractivity contribution in [3.8, 4) is 0 Å². The van der Waals surface area contributed by atoms with Crippen LogP contribution in [0.25, 0.3) is 0 Å². The molecular formula is C20H23F2N5O2. The summed E-state index contributed by atoms with van der Waals surface area (Å²) in [5.74, 6) is -2.94. The Kier molecular flexibility index (Phi) is 5.08. The number of rotatable bonds is 3. The van der Waals surface area contributed by atoms with E-state index in [1.54, 1.807) is 18.2 Å². The first kappa shape index (κ1) is 19.5. The molecule has 1 fully saturated rings. The van der Waals surface area contributed by atoms with E-state index in [0.29, 0.717) is 13.1 Å². The summed E-state index contributed by atoms with van der Waals surface area (Å²) >= 11 is 0. The second kappa shape index (κ2) is 7.55. The van der Waals surface area contributed by atoms with E-state index in [2.05, 4.69) is 20.6 Å². The molecule has 4 rings (SSSR count). The maximum Gasteiger partial charge on any atom is 0.252 e. The van der Waals surface area contributed by atoms with Gasteiger partial charge >= 0.3 is 0 Å². The second-order valence-electron chi connectivity index (χ2n) is 7.64. The first-order valence-electron chi connectivity index (χ1n) is 9.72. The first-order chi connectivity index (χ1) is 13.9. The highest BCUT2D eigenvalue weighted by atomic mass is 19.2. The number of aromatic nitrogens is 2. The number of imidazole rings is 1. The van der Waals surface area contributed by atoms with Crippen molar-refractivity contribution in [3.63, 3.8) is 0 Å². The fourth-order valence-electron chi connectivity index (χ4n) is 4.21. The summed E-state index contributed by atoms with van der Waals surface area (Å²) < 4.78 is 26.4. The van der Waals surface area contributed by atoms with Crippen LogP contribution >= 0.6 is 0 Å². The topological polar surface area (TPSA) is 90.1 Å². The molecule has 0 aliphatic carbocycles. The SMILES string of the molecule is C[C@@H](NC(=O)c1ccc(F)c(F)c1)C(=O)N1CCC2(CC1)NCCc1[nH]cnc12. The smallest absolute Gasteiger partial charge is 0.252 e. The number of H-pyrrole nitrogens is 1. The maximum absolute atomic E-state index is 13.3. The highest BCUT2D eigenvalue weighted by molar-refractivity contribution is 5.97. The van der Waals surface area contributed by atoms with Crippen LogP contribution in [0.1, 0.15) is 41.5 Å². The van der Waals surface area contributed by atoms with Crippen molar-refractivity contribution < 1.29 is 18.4 Å². The molecule has 2 aliphatic rings. The lowest BCUT2D eigenvalue weighted by atomic mass is 9.80. The Morgan fingerprint density at radius 2 is 2.00 bits per heavy atom. The normalized spacial score (nSPS) is 18.9. The van der Waals surface area contributed by atoms with Crippen molar-refractivity contribution in [1.82, 2.24) is 25.5 Å². The summed E-state index contributed by atoms with van der Waals surface area (Å²) in [7, 11) is 0. The van der Waals surface area contributed by atoms with Gasteiger partial charge < -0.3 is 20.5 Å². The number of piperidine rings is 1. The largest absolute Gasteiger partial charge is 0.348 e. The number of hydrogen-bond donors (Lipinski definition) is 3. The molecule has 1 saturated heterocycles. The molecule has 1 aromatic heterocycles. The minimum Gasteiger partial charge on any atom is -0.348 e. The lowest BCUT2D eigenvalue weighted by Crippen LogP contribution is -2.57. The van der Waals surface area contributed by atoms with Crippen molar-refractivity contribution in [2.24, 2.45) is 0 Å². The van der Waals surface area contributed by atoms with E-state index in [9.17, 15) is 18.4 Å². The van der Waals surface area contributed by atoms with Crippen LogP contribution < -0.4 is 10.6 Å². The number of fused-ring (bicyclic) bond motifs is 2. The average Bonchev–Trinajstić information content (AvgIpc) is 3.20. The summed E-state index contributed by atoms with van der Waals surface area (Å²) in [6.07, 6.45) is 4.10. The zero-order valence-corrected chi connectivity index (χ0v) is 16.1. The van der Waals surface area contributed by atoms with Gasteiger partial charge in [0.25, 0.3) is 5.91 Å². The van der Waals surface area contributed by atoms with Gasteiger partial charge in [0, 0.05) is 37.3 Å². The van der Waals surface area contributed by atoms with Gasteiger partial charge in [0.15, 0.2) is 11.6 Å². The second-order valence-corrected chi connectivity index (χ2v) is 7.64. The number of nitrogens with zero attached hydrogens (tertiary/aromatic N) is 2. The fraction of sp³-hybridized carbons (Fsp3) is 0.450. The molecule has 29 heavy (non-hydrogen) atoms. The number of carbonyl (C=O) groups is 2. The van der Waals surface area contributed by atoms with Crippen LogP contribution in [0.15, 0.2) is 24.5 Å². The van der Waals surface area contributed by atoms with E-state index in [-0.39, 0.29) is 17.0 Å². The molecule has 2 aromatic rings. The molecule has 1 spiro atoms. The van der Waals surface area contributed by atoms with Crippen molar-refractivity contribution in [2.75, 3.05) is 19.6 Å². The van der Waals surface area contributed by atoms with Gasteiger partial charge in [-0.1, -0.05) is 0 Å². The van der Waals surface area contributed by atoms with Gasteiger partial charge in [0.1, 0.15) is 6.04 Å². The Morgan fingerprint density at radius 3 is 2.72 bits per heavy atom. The third kappa shape index (κ3) is 3.62. The van der Waals surface area contributed by atoms with Crippen LogP contribution in [-0.2, 0) is 16.8 Å². The summed E-state index contributed by atoms with van der Waals surface area (Å²) in [6, 6.07) is 2.13. The van der Waals surface area contributed by atoms with Gasteiger partial charge in [-0.25, -0.2) is 13.8 Å². The standard InChI is InChI=1S/C20H23F2N5O2/c1-12(26-18(28)13-2-3-14(21)15(22)10-13)19(29)27-8-5-20(6-9-27)17-16(4-7-25-20)23-11-24-17/h2-3,10-12,25H,4-9H2,1H3,(H,23,24)(H,26,28)/t12-/m1/s1. The predicted molar refractivity (Wildman–Crippen MR) is 101 cm³/mol. The minimum absolute atomic E-state index is 0.0291. The third-order valence-corrected chi connectivity index (χ3v) is 5.84. The number of halogens is 2.